The van der Waals surface area contributed by atoms with E-state index in [0.29, 0.717) is 28.0 Å². The fraction of sp³-hybridized carbons (Fsp3) is 0.192. The maximum Gasteiger partial charge on any atom is 0.196 e. The van der Waals surface area contributed by atoms with E-state index in [9.17, 15) is 4.79 Å². The van der Waals surface area contributed by atoms with Gasteiger partial charge in [0.15, 0.2) is 16.8 Å². The third kappa shape index (κ3) is 5.23. The molecule has 0 spiro atoms. The molecule has 0 bridgehead atoms. The molecule has 0 N–H and O–H groups in total. The highest BCUT2D eigenvalue weighted by Crippen LogP contribution is 2.28. The van der Waals surface area contributed by atoms with Gasteiger partial charge in [-0.15, -0.1) is 10.2 Å². The van der Waals surface area contributed by atoms with Crippen LogP contribution in [0.4, 0.5) is 0 Å². The lowest BCUT2D eigenvalue weighted by Crippen LogP contribution is -2.09. The van der Waals surface area contributed by atoms with Crippen molar-refractivity contribution in [1.82, 2.24) is 14.8 Å². The minimum Gasteiger partial charge on any atom is -0.497 e. The van der Waals surface area contributed by atoms with Crippen LogP contribution in [0.15, 0.2) is 78.0 Å². The van der Waals surface area contributed by atoms with Crippen molar-refractivity contribution in [2.24, 2.45) is 0 Å². The largest absolute Gasteiger partial charge is 0.497 e. The van der Waals surface area contributed by atoms with Crippen LogP contribution in [0.2, 0.25) is 0 Å². The smallest absolute Gasteiger partial charge is 0.196 e. The van der Waals surface area contributed by atoms with Gasteiger partial charge in [-0.25, -0.2) is 0 Å². The molecule has 1 aromatic heterocycles. The second-order valence-electron chi connectivity index (χ2n) is 7.40. The highest BCUT2D eigenvalue weighted by atomic mass is 32.2. The Morgan fingerprint density at radius 3 is 2.41 bits per heavy atom. The van der Waals surface area contributed by atoms with Crippen molar-refractivity contribution in [3.05, 3.63) is 89.7 Å². The Labute approximate surface area is 202 Å². The molecule has 3 aromatic carbocycles. The summed E-state index contributed by atoms with van der Waals surface area (Å²) in [5.74, 6) is 2.63. The van der Waals surface area contributed by atoms with E-state index in [2.05, 4.69) is 10.2 Å². The van der Waals surface area contributed by atoms with Crippen LogP contribution in [-0.4, -0.2) is 40.5 Å². The fourth-order valence-electron chi connectivity index (χ4n) is 3.42. The standard InChI is InChI=1S/C26H25N3O4S/c1-18-9-7-8-12-23(18)33-16-25-27-28-26(29(25)19-10-5-4-6-11-19)34-17-22(30)21-14-13-20(31-2)15-24(21)32-3/h4-15H,16-17H2,1-3H3. The Morgan fingerprint density at radius 1 is 0.912 bits per heavy atom. The molecule has 0 saturated carbocycles. The average Bonchev–Trinajstić information content (AvgIpc) is 3.29. The van der Waals surface area contributed by atoms with Gasteiger partial charge >= 0.3 is 0 Å². The Balaban J connectivity index is 1.56. The molecule has 0 atom stereocenters. The topological polar surface area (TPSA) is 75.5 Å². The molecule has 0 aliphatic carbocycles. The summed E-state index contributed by atoms with van der Waals surface area (Å²) in [5.41, 5.74) is 2.43. The van der Waals surface area contributed by atoms with Gasteiger partial charge < -0.3 is 14.2 Å². The lowest BCUT2D eigenvalue weighted by Gasteiger charge is -2.12. The zero-order chi connectivity index (χ0) is 23.9. The van der Waals surface area contributed by atoms with Gasteiger partial charge in [0.2, 0.25) is 0 Å². The van der Waals surface area contributed by atoms with Crippen LogP contribution in [0.25, 0.3) is 5.69 Å². The molecule has 1 heterocycles. The summed E-state index contributed by atoms with van der Waals surface area (Å²) in [6.07, 6.45) is 0. The van der Waals surface area contributed by atoms with Crippen molar-refractivity contribution >= 4 is 17.5 Å². The summed E-state index contributed by atoms with van der Waals surface area (Å²) in [6, 6.07) is 22.8. The quantitative estimate of drug-likeness (QED) is 0.232. The molecule has 7 nitrogen and oxygen atoms in total. The van der Waals surface area contributed by atoms with Gasteiger partial charge in [0.05, 0.1) is 25.5 Å². The first-order valence-electron chi connectivity index (χ1n) is 10.7. The van der Waals surface area contributed by atoms with E-state index in [-0.39, 0.29) is 18.1 Å². The van der Waals surface area contributed by atoms with E-state index < -0.39 is 0 Å². The minimum absolute atomic E-state index is 0.0789. The molecule has 0 fully saturated rings. The number of Topliss-reactive ketones (excluding diaryl/α,β-unsaturated/α-hetero) is 1. The molecule has 0 unspecified atom stereocenters. The molecule has 0 saturated heterocycles. The molecule has 0 radical (unpaired) electrons. The summed E-state index contributed by atoms with van der Waals surface area (Å²) in [4.78, 5) is 13.0. The van der Waals surface area contributed by atoms with Crippen molar-refractivity contribution < 1.29 is 19.0 Å². The van der Waals surface area contributed by atoms with Crippen molar-refractivity contribution in [1.29, 1.82) is 0 Å². The van der Waals surface area contributed by atoms with E-state index in [4.69, 9.17) is 14.2 Å². The number of benzene rings is 3. The number of rotatable bonds is 10. The predicted octanol–water partition coefficient (Wildman–Crippen LogP) is 5.15. The number of ketones is 1. The second-order valence-corrected chi connectivity index (χ2v) is 8.34. The van der Waals surface area contributed by atoms with E-state index in [0.717, 1.165) is 17.0 Å². The van der Waals surface area contributed by atoms with E-state index >= 15 is 0 Å². The molecular formula is C26H25N3O4S. The fourth-order valence-corrected chi connectivity index (χ4v) is 4.28. The molecule has 34 heavy (non-hydrogen) atoms. The molecule has 0 aliphatic rings. The van der Waals surface area contributed by atoms with Crippen LogP contribution < -0.4 is 14.2 Å². The maximum atomic E-state index is 13.0. The highest BCUT2D eigenvalue weighted by molar-refractivity contribution is 7.99. The highest BCUT2D eigenvalue weighted by Gasteiger charge is 2.19. The van der Waals surface area contributed by atoms with Crippen LogP contribution in [0.3, 0.4) is 0 Å². The normalized spacial score (nSPS) is 10.7. The van der Waals surface area contributed by atoms with Crippen molar-refractivity contribution in [2.45, 2.75) is 18.7 Å². The summed E-state index contributed by atoms with van der Waals surface area (Å²) >= 11 is 1.32. The molecule has 0 amide bonds. The first kappa shape index (κ1) is 23.4. The number of methoxy groups -OCH3 is 2. The van der Waals surface area contributed by atoms with Gasteiger partial charge in [-0.1, -0.05) is 48.2 Å². The first-order chi connectivity index (χ1) is 16.6. The predicted molar refractivity (Wildman–Crippen MR) is 131 cm³/mol. The Bertz CT molecular complexity index is 1270. The Hall–Kier alpha value is -3.78. The Kier molecular flexibility index (Phi) is 7.49. The number of aromatic nitrogens is 3. The maximum absolute atomic E-state index is 13.0. The van der Waals surface area contributed by atoms with E-state index in [1.807, 2.05) is 66.1 Å². The Morgan fingerprint density at radius 2 is 1.68 bits per heavy atom. The van der Waals surface area contributed by atoms with Gasteiger partial charge in [0.1, 0.15) is 23.9 Å². The molecule has 0 aliphatic heterocycles. The number of thioether (sulfide) groups is 1. The summed E-state index contributed by atoms with van der Waals surface area (Å²) < 4.78 is 18.5. The van der Waals surface area contributed by atoms with Crippen molar-refractivity contribution in [2.75, 3.05) is 20.0 Å². The number of hydrogen-bond donors (Lipinski definition) is 0. The molecule has 4 aromatic rings. The minimum atomic E-state index is -0.0789. The summed E-state index contributed by atoms with van der Waals surface area (Å²) in [6.45, 7) is 2.24. The summed E-state index contributed by atoms with van der Waals surface area (Å²) in [5, 5.41) is 9.32. The number of aryl methyl sites for hydroxylation is 1. The van der Waals surface area contributed by atoms with Crippen molar-refractivity contribution in [3.8, 4) is 22.9 Å². The van der Waals surface area contributed by atoms with Crippen LogP contribution in [0.5, 0.6) is 17.2 Å². The second kappa shape index (κ2) is 10.9. The molecule has 4 rings (SSSR count). The van der Waals surface area contributed by atoms with E-state index in [1.54, 1.807) is 25.3 Å². The number of carbonyl (C=O) groups excluding carboxylic acids is 1. The SMILES string of the molecule is COc1ccc(C(=O)CSc2nnc(COc3ccccc3C)n2-c2ccccc2)c(OC)c1. The molecule has 174 valence electrons. The third-order valence-electron chi connectivity index (χ3n) is 5.21. The zero-order valence-corrected chi connectivity index (χ0v) is 20.0. The molecule has 8 heteroatoms. The number of para-hydroxylation sites is 2. The first-order valence-corrected chi connectivity index (χ1v) is 11.7. The van der Waals surface area contributed by atoms with Crippen LogP contribution in [0, 0.1) is 6.92 Å². The van der Waals surface area contributed by atoms with Gasteiger partial charge in [-0.2, -0.15) is 0 Å². The van der Waals surface area contributed by atoms with Crippen LogP contribution >= 0.6 is 11.8 Å². The van der Waals surface area contributed by atoms with Gasteiger partial charge in [0, 0.05) is 11.8 Å². The van der Waals surface area contributed by atoms with Gasteiger partial charge in [-0.05, 0) is 42.8 Å². The van der Waals surface area contributed by atoms with Crippen LogP contribution in [-0.2, 0) is 6.61 Å². The average molecular weight is 476 g/mol. The van der Waals surface area contributed by atoms with Gasteiger partial charge in [-0.3, -0.25) is 9.36 Å². The van der Waals surface area contributed by atoms with E-state index in [1.165, 1.54) is 18.9 Å². The van der Waals surface area contributed by atoms with Gasteiger partial charge in [0.25, 0.3) is 0 Å². The number of ether oxygens (including phenoxy) is 3. The monoisotopic (exact) mass is 475 g/mol. The van der Waals surface area contributed by atoms with Crippen molar-refractivity contribution in [3.63, 3.8) is 0 Å². The van der Waals surface area contributed by atoms with Crippen LogP contribution in [0.1, 0.15) is 21.7 Å². The summed E-state index contributed by atoms with van der Waals surface area (Å²) in [7, 11) is 3.11. The number of nitrogens with zero attached hydrogens (tertiary/aromatic N) is 3. The number of hydrogen-bond acceptors (Lipinski definition) is 7. The number of carbonyl (C=O) groups is 1. The zero-order valence-electron chi connectivity index (χ0n) is 19.2. The lowest BCUT2D eigenvalue weighted by molar-refractivity contribution is 0.101. The molecular weight excluding hydrogens is 450 g/mol. The third-order valence-corrected chi connectivity index (χ3v) is 6.14. The lowest BCUT2D eigenvalue weighted by atomic mass is 10.1.